The van der Waals surface area contributed by atoms with Gasteiger partial charge in [-0.15, -0.1) is 0 Å². The number of rotatable bonds is 2. The van der Waals surface area contributed by atoms with Gasteiger partial charge in [-0.2, -0.15) is 0 Å². The van der Waals surface area contributed by atoms with Crippen molar-refractivity contribution in [3.8, 4) is 0 Å². The van der Waals surface area contributed by atoms with Crippen molar-refractivity contribution in [2.24, 2.45) is 0 Å². The molecule has 0 bridgehead atoms. The molecule has 104 valence electrons. The lowest BCUT2D eigenvalue weighted by Crippen LogP contribution is -2.37. The van der Waals surface area contributed by atoms with Gasteiger partial charge >= 0.3 is 0 Å². The molecule has 0 radical (unpaired) electrons. The first-order chi connectivity index (χ1) is 9.61. The number of aryl methyl sites for hydroxylation is 1. The van der Waals surface area contributed by atoms with Gasteiger partial charge in [-0.05, 0) is 30.5 Å². The minimum absolute atomic E-state index is 0.0102. The van der Waals surface area contributed by atoms with Crippen molar-refractivity contribution < 1.29 is 14.4 Å². The van der Waals surface area contributed by atoms with Crippen LogP contribution in [0.5, 0.6) is 0 Å². The maximum absolute atomic E-state index is 12.0. The van der Waals surface area contributed by atoms with Gasteiger partial charge in [0.15, 0.2) is 0 Å². The third-order valence-electron chi connectivity index (χ3n) is 3.58. The van der Waals surface area contributed by atoms with Crippen molar-refractivity contribution in [1.82, 2.24) is 5.32 Å². The van der Waals surface area contributed by atoms with Gasteiger partial charge in [-0.3, -0.25) is 14.4 Å². The molecule has 0 aromatic heterocycles. The average Bonchev–Trinajstić information content (AvgIpc) is 2.85. The maximum Gasteiger partial charge on any atom is 0.246 e. The lowest BCUT2D eigenvalue weighted by atomic mass is 10.0. The van der Waals surface area contributed by atoms with Crippen LogP contribution in [0.1, 0.15) is 24.8 Å². The molecular formula is C14H15N3O3. The third kappa shape index (κ3) is 2.49. The molecule has 0 spiro atoms. The minimum Gasteiger partial charge on any atom is -0.344 e. The molecule has 1 aromatic carbocycles. The molecule has 0 aliphatic carbocycles. The van der Waals surface area contributed by atoms with E-state index in [0.29, 0.717) is 31.4 Å². The second kappa shape index (κ2) is 4.96. The molecule has 2 aliphatic heterocycles. The van der Waals surface area contributed by atoms with Crippen LogP contribution >= 0.6 is 0 Å². The van der Waals surface area contributed by atoms with Crippen LogP contribution in [-0.4, -0.2) is 23.8 Å². The molecule has 6 heteroatoms. The summed E-state index contributed by atoms with van der Waals surface area (Å²) in [5.41, 5.74) is 2.43. The highest BCUT2D eigenvalue weighted by Crippen LogP contribution is 2.26. The summed E-state index contributed by atoms with van der Waals surface area (Å²) in [5, 5.41) is 8.18. The molecule has 0 saturated carbocycles. The Morgan fingerprint density at radius 2 is 2.00 bits per heavy atom. The van der Waals surface area contributed by atoms with Crippen LogP contribution in [0.4, 0.5) is 11.4 Å². The van der Waals surface area contributed by atoms with E-state index in [0.717, 1.165) is 11.3 Å². The molecule has 1 atom stereocenters. The topological polar surface area (TPSA) is 87.3 Å². The number of anilines is 2. The van der Waals surface area contributed by atoms with Gasteiger partial charge in [0.05, 0.1) is 0 Å². The van der Waals surface area contributed by atoms with E-state index in [4.69, 9.17) is 0 Å². The summed E-state index contributed by atoms with van der Waals surface area (Å²) < 4.78 is 0. The van der Waals surface area contributed by atoms with Crippen molar-refractivity contribution in [3.05, 3.63) is 23.8 Å². The van der Waals surface area contributed by atoms with Crippen molar-refractivity contribution in [2.75, 3.05) is 10.6 Å². The summed E-state index contributed by atoms with van der Waals surface area (Å²) in [5.74, 6) is -0.329. The van der Waals surface area contributed by atoms with Crippen LogP contribution in [0.3, 0.4) is 0 Å². The molecule has 1 saturated heterocycles. The van der Waals surface area contributed by atoms with Gasteiger partial charge < -0.3 is 16.0 Å². The zero-order chi connectivity index (χ0) is 14.1. The highest BCUT2D eigenvalue weighted by atomic mass is 16.2. The van der Waals surface area contributed by atoms with Crippen LogP contribution in [0.2, 0.25) is 0 Å². The van der Waals surface area contributed by atoms with Gasteiger partial charge in [0.1, 0.15) is 6.04 Å². The van der Waals surface area contributed by atoms with Crippen LogP contribution in [-0.2, 0) is 20.8 Å². The number of carbonyl (C=O) groups excluding carboxylic acids is 3. The molecule has 6 nitrogen and oxygen atoms in total. The normalized spacial score (nSPS) is 20.9. The summed E-state index contributed by atoms with van der Waals surface area (Å²) in [6.45, 7) is 0. The molecule has 3 N–H and O–H groups in total. The van der Waals surface area contributed by atoms with Gasteiger partial charge in [0.2, 0.25) is 17.7 Å². The standard InChI is InChI=1S/C14H15N3O3/c18-12-5-2-8-1-3-9(7-11(8)17-12)15-14(20)10-4-6-13(19)16-10/h1,3,7,10H,2,4-6H2,(H,15,20)(H,16,19)(H,17,18)/t10-/m1/s1. The number of hydrogen-bond acceptors (Lipinski definition) is 3. The number of amides is 3. The van der Waals surface area contributed by atoms with E-state index in [9.17, 15) is 14.4 Å². The molecule has 1 aromatic rings. The number of fused-ring (bicyclic) bond motifs is 1. The van der Waals surface area contributed by atoms with E-state index in [1.807, 2.05) is 12.1 Å². The molecule has 2 aliphatic rings. The van der Waals surface area contributed by atoms with Crippen LogP contribution < -0.4 is 16.0 Å². The lowest BCUT2D eigenvalue weighted by molar-refractivity contribution is -0.122. The zero-order valence-corrected chi connectivity index (χ0v) is 10.9. The fraction of sp³-hybridized carbons (Fsp3) is 0.357. The van der Waals surface area contributed by atoms with Crippen LogP contribution in [0.15, 0.2) is 18.2 Å². The quantitative estimate of drug-likeness (QED) is 0.744. The predicted molar refractivity (Wildman–Crippen MR) is 73.2 cm³/mol. The Kier molecular flexibility index (Phi) is 3.14. The molecule has 3 rings (SSSR count). The fourth-order valence-electron chi connectivity index (χ4n) is 2.49. The highest BCUT2D eigenvalue weighted by molar-refractivity contribution is 6.00. The Bertz CT molecular complexity index is 597. The maximum atomic E-state index is 12.0. The SMILES string of the molecule is O=C1CCc2ccc(NC(=O)[C@H]3CCC(=O)N3)cc2N1. The van der Waals surface area contributed by atoms with Crippen LogP contribution in [0, 0.1) is 0 Å². The summed E-state index contributed by atoms with van der Waals surface area (Å²) in [6.07, 6.45) is 2.12. The number of nitrogens with one attached hydrogen (secondary N) is 3. The molecule has 0 unspecified atom stereocenters. The first-order valence-electron chi connectivity index (χ1n) is 6.65. The second-order valence-electron chi connectivity index (χ2n) is 5.07. The van der Waals surface area contributed by atoms with E-state index in [1.54, 1.807) is 6.07 Å². The first-order valence-corrected chi connectivity index (χ1v) is 6.65. The smallest absolute Gasteiger partial charge is 0.246 e. The van der Waals surface area contributed by atoms with Crippen molar-refractivity contribution in [2.45, 2.75) is 31.7 Å². The summed E-state index contributed by atoms with van der Waals surface area (Å²) >= 11 is 0. The largest absolute Gasteiger partial charge is 0.344 e. The van der Waals surface area contributed by atoms with Crippen LogP contribution in [0.25, 0.3) is 0 Å². The minimum atomic E-state index is -0.465. The molecular weight excluding hydrogens is 258 g/mol. The van der Waals surface area contributed by atoms with E-state index in [1.165, 1.54) is 0 Å². The van der Waals surface area contributed by atoms with Gasteiger partial charge in [-0.25, -0.2) is 0 Å². The van der Waals surface area contributed by atoms with Gasteiger partial charge in [-0.1, -0.05) is 6.07 Å². The third-order valence-corrected chi connectivity index (χ3v) is 3.58. The average molecular weight is 273 g/mol. The molecule has 2 heterocycles. The number of carbonyl (C=O) groups is 3. The first kappa shape index (κ1) is 12.7. The Labute approximate surface area is 115 Å². The summed E-state index contributed by atoms with van der Waals surface area (Å²) in [4.78, 5) is 34.4. The Hall–Kier alpha value is -2.37. The van der Waals surface area contributed by atoms with Gasteiger partial charge in [0, 0.05) is 24.2 Å². The summed E-state index contributed by atoms with van der Waals surface area (Å²) in [6, 6.07) is 5.00. The molecule has 3 amide bonds. The van der Waals surface area contributed by atoms with E-state index in [-0.39, 0.29) is 17.7 Å². The van der Waals surface area contributed by atoms with Gasteiger partial charge in [0.25, 0.3) is 0 Å². The lowest BCUT2D eigenvalue weighted by Gasteiger charge is -2.18. The zero-order valence-electron chi connectivity index (χ0n) is 10.9. The predicted octanol–water partition coefficient (Wildman–Crippen LogP) is 0.788. The fourth-order valence-corrected chi connectivity index (χ4v) is 2.49. The van der Waals surface area contributed by atoms with E-state index < -0.39 is 6.04 Å². The van der Waals surface area contributed by atoms with Crippen molar-refractivity contribution in [3.63, 3.8) is 0 Å². The Balaban J connectivity index is 1.71. The second-order valence-corrected chi connectivity index (χ2v) is 5.07. The monoisotopic (exact) mass is 273 g/mol. The number of hydrogen-bond donors (Lipinski definition) is 3. The number of benzene rings is 1. The van der Waals surface area contributed by atoms with Crippen molar-refractivity contribution >= 4 is 29.1 Å². The highest BCUT2D eigenvalue weighted by Gasteiger charge is 2.27. The van der Waals surface area contributed by atoms with Crippen molar-refractivity contribution in [1.29, 1.82) is 0 Å². The molecule has 20 heavy (non-hydrogen) atoms. The Morgan fingerprint density at radius 1 is 1.15 bits per heavy atom. The Morgan fingerprint density at radius 3 is 2.75 bits per heavy atom. The van der Waals surface area contributed by atoms with E-state index in [2.05, 4.69) is 16.0 Å². The van der Waals surface area contributed by atoms with E-state index >= 15 is 0 Å². The molecule has 1 fully saturated rings. The summed E-state index contributed by atoms with van der Waals surface area (Å²) in [7, 11) is 0.